The van der Waals surface area contributed by atoms with Crippen molar-refractivity contribution in [2.24, 2.45) is 0 Å². The van der Waals surface area contributed by atoms with Gasteiger partial charge in [0.25, 0.3) is 0 Å². The van der Waals surface area contributed by atoms with E-state index in [1.807, 2.05) is 38.6 Å². The van der Waals surface area contributed by atoms with E-state index in [0.29, 0.717) is 12.1 Å². The summed E-state index contributed by atoms with van der Waals surface area (Å²) in [4.78, 5) is 2.26. The van der Waals surface area contributed by atoms with Crippen LogP contribution in [0.3, 0.4) is 0 Å². The number of phenols is 1. The first-order chi connectivity index (χ1) is 9.59. The first-order valence-electron chi connectivity index (χ1n) is 6.95. The lowest BCUT2D eigenvalue weighted by Crippen LogP contribution is -2.20. The van der Waals surface area contributed by atoms with Gasteiger partial charge in [0.2, 0.25) is 0 Å². The zero-order valence-corrected chi connectivity index (χ0v) is 14.6. The lowest BCUT2D eigenvalue weighted by atomic mass is 9.86. The summed E-state index contributed by atoms with van der Waals surface area (Å²) in [5, 5.41) is 10.4. The van der Waals surface area contributed by atoms with E-state index in [4.69, 9.17) is 0 Å². The van der Waals surface area contributed by atoms with E-state index < -0.39 is 9.84 Å². The summed E-state index contributed by atoms with van der Waals surface area (Å²) in [5.74, 6) is 1.91. The Kier molecular flexibility index (Phi) is 4.61. The quantitative estimate of drug-likeness (QED) is 0.924. The third-order valence-electron chi connectivity index (χ3n) is 3.64. The highest BCUT2D eigenvalue weighted by atomic mass is 32.2. The molecule has 1 aromatic rings. The van der Waals surface area contributed by atoms with E-state index in [0.717, 1.165) is 30.0 Å². The Balaban J connectivity index is 2.52. The maximum Gasteiger partial charge on any atom is 0.179 e. The highest BCUT2D eigenvalue weighted by Gasteiger charge is 2.24. The van der Waals surface area contributed by atoms with E-state index in [1.165, 1.54) is 0 Å². The van der Waals surface area contributed by atoms with Gasteiger partial charge in [0.05, 0.1) is 0 Å². The molecule has 0 atom stereocenters. The second-order valence-electron chi connectivity index (χ2n) is 6.59. The van der Waals surface area contributed by atoms with Gasteiger partial charge in [-0.15, -0.1) is 11.8 Å². The molecule has 0 amide bonds. The molecule has 0 aromatic heterocycles. The minimum Gasteiger partial charge on any atom is -0.506 e. The molecule has 118 valence electrons. The molecule has 2 rings (SSSR count). The number of phenolic OH excluding ortho intramolecular Hbond substituents is 1. The van der Waals surface area contributed by atoms with Gasteiger partial charge in [-0.25, -0.2) is 8.42 Å². The van der Waals surface area contributed by atoms with Crippen molar-refractivity contribution in [2.75, 3.05) is 24.4 Å². The fourth-order valence-electron chi connectivity index (χ4n) is 2.32. The number of aromatic hydroxyl groups is 1. The number of nitrogens with zero attached hydrogens (tertiary/aromatic N) is 1. The molecule has 0 bridgehead atoms. The number of thioether (sulfide) groups is 1. The molecular weight excluding hydrogens is 306 g/mol. The molecule has 6 heteroatoms. The van der Waals surface area contributed by atoms with Crippen LogP contribution in [0.1, 0.15) is 31.9 Å². The van der Waals surface area contributed by atoms with Crippen LogP contribution in [0.2, 0.25) is 0 Å². The standard InChI is InChI=1S/C15H23NO3S2/c1-15(2,3)12-7-11(9-16-5-6-20-10-16)14(17)13(8-12)21(4,18)19/h7-8,17H,5-6,9-10H2,1-4H3. The fraction of sp³-hybridized carbons (Fsp3) is 0.600. The monoisotopic (exact) mass is 329 g/mol. The van der Waals surface area contributed by atoms with Gasteiger partial charge in [-0.1, -0.05) is 26.8 Å². The van der Waals surface area contributed by atoms with Gasteiger partial charge in [-0.05, 0) is 17.0 Å². The summed E-state index contributed by atoms with van der Waals surface area (Å²) in [7, 11) is -3.45. The molecule has 1 aliphatic rings. The number of hydrogen-bond acceptors (Lipinski definition) is 5. The summed E-state index contributed by atoms with van der Waals surface area (Å²) in [6.45, 7) is 7.69. The Labute approximate surface area is 131 Å². The topological polar surface area (TPSA) is 57.6 Å². The van der Waals surface area contributed by atoms with Crippen LogP contribution >= 0.6 is 11.8 Å². The second-order valence-corrected chi connectivity index (χ2v) is 9.65. The molecule has 0 aliphatic carbocycles. The van der Waals surface area contributed by atoms with Crippen LogP contribution in [-0.4, -0.2) is 42.9 Å². The molecule has 1 aliphatic heterocycles. The normalized spacial score (nSPS) is 17.3. The zero-order chi connectivity index (χ0) is 15.8. The predicted octanol–water partition coefficient (Wildman–Crippen LogP) is 2.60. The molecule has 1 heterocycles. The summed E-state index contributed by atoms with van der Waals surface area (Å²) in [5.41, 5.74) is 1.47. The Morgan fingerprint density at radius 1 is 1.33 bits per heavy atom. The predicted molar refractivity (Wildman–Crippen MR) is 87.7 cm³/mol. The van der Waals surface area contributed by atoms with Crippen molar-refractivity contribution in [3.8, 4) is 5.75 Å². The van der Waals surface area contributed by atoms with E-state index >= 15 is 0 Å². The summed E-state index contributed by atoms with van der Waals surface area (Å²) >= 11 is 1.85. The number of rotatable bonds is 3. The van der Waals surface area contributed by atoms with Crippen molar-refractivity contribution in [2.45, 2.75) is 37.6 Å². The molecule has 1 fully saturated rings. The molecule has 0 saturated carbocycles. The van der Waals surface area contributed by atoms with Crippen molar-refractivity contribution in [1.29, 1.82) is 0 Å². The first kappa shape index (κ1) is 16.6. The van der Waals surface area contributed by atoms with Gasteiger partial charge in [-0.3, -0.25) is 4.90 Å². The van der Waals surface area contributed by atoms with Gasteiger partial charge in [-0.2, -0.15) is 0 Å². The molecule has 1 aromatic carbocycles. The van der Waals surface area contributed by atoms with Crippen LogP contribution in [0.5, 0.6) is 5.75 Å². The molecule has 0 spiro atoms. The molecule has 1 saturated heterocycles. The second kappa shape index (κ2) is 5.82. The average Bonchev–Trinajstić information content (AvgIpc) is 2.81. The Morgan fingerprint density at radius 2 is 2.00 bits per heavy atom. The van der Waals surface area contributed by atoms with E-state index in [2.05, 4.69) is 4.90 Å². The number of hydrogen-bond donors (Lipinski definition) is 1. The van der Waals surface area contributed by atoms with Crippen LogP contribution in [0.15, 0.2) is 17.0 Å². The fourth-order valence-corrected chi connectivity index (χ4v) is 4.14. The van der Waals surface area contributed by atoms with Crippen LogP contribution in [0, 0.1) is 0 Å². The SMILES string of the molecule is CC(C)(C)c1cc(CN2CCSC2)c(O)c(S(C)(=O)=O)c1. The molecular formula is C15H23NO3S2. The Morgan fingerprint density at radius 3 is 2.48 bits per heavy atom. The summed E-state index contributed by atoms with van der Waals surface area (Å²) < 4.78 is 23.9. The van der Waals surface area contributed by atoms with Gasteiger partial charge in [0.15, 0.2) is 9.84 Å². The largest absolute Gasteiger partial charge is 0.506 e. The summed E-state index contributed by atoms with van der Waals surface area (Å²) in [6, 6.07) is 3.54. The smallest absolute Gasteiger partial charge is 0.179 e. The first-order valence-corrected chi connectivity index (χ1v) is 10.00. The van der Waals surface area contributed by atoms with Crippen molar-refractivity contribution in [3.05, 3.63) is 23.3 Å². The van der Waals surface area contributed by atoms with Crippen LogP contribution in [0.4, 0.5) is 0 Å². The minimum atomic E-state index is -3.45. The van der Waals surface area contributed by atoms with Gasteiger partial charge in [0, 0.05) is 36.5 Å². The molecule has 0 radical (unpaired) electrons. The van der Waals surface area contributed by atoms with Gasteiger partial charge >= 0.3 is 0 Å². The maximum atomic E-state index is 11.9. The summed E-state index contributed by atoms with van der Waals surface area (Å²) in [6.07, 6.45) is 1.14. The number of benzene rings is 1. The maximum absolute atomic E-state index is 11.9. The van der Waals surface area contributed by atoms with Crippen LogP contribution < -0.4 is 0 Å². The minimum absolute atomic E-state index is 0.0387. The molecule has 0 unspecified atom stereocenters. The third kappa shape index (κ3) is 3.93. The van der Waals surface area contributed by atoms with Crippen LogP contribution in [0.25, 0.3) is 0 Å². The van der Waals surface area contributed by atoms with Crippen LogP contribution in [-0.2, 0) is 21.8 Å². The lowest BCUT2D eigenvalue weighted by Gasteiger charge is -2.23. The van der Waals surface area contributed by atoms with Crippen molar-refractivity contribution in [3.63, 3.8) is 0 Å². The molecule has 4 nitrogen and oxygen atoms in total. The van der Waals surface area contributed by atoms with Crippen molar-refractivity contribution in [1.82, 2.24) is 4.90 Å². The lowest BCUT2D eigenvalue weighted by molar-refractivity contribution is 0.337. The van der Waals surface area contributed by atoms with Crippen molar-refractivity contribution < 1.29 is 13.5 Å². The Bertz CT molecular complexity index is 627. The highest BCUT2D eigenvalue weighted by molar-refractivity contribution is 7.99. The third-order valence-corrected chi connectivity index (χ3v) is 5.77. The number of sulfone groups is 1. The average molecular weight is 329 g/mol. The van der Waals surface area contributed by atoms with Gasteiger partial charge in [0.1, 0.15) is 10.6 Å². The Hall–Kier alpha value is -0.720. The van der Waals surface area contributed by atoms with E-state index in [-0.39, 0.29) is 16.1 Å². The van der Waals surface area contributed by atoms with E-state index in [1.54, 1.807) is 6.07 Å². The van der Waals surface area contributed by atoms with Gasteiger partial charge < -0.3 is 5.11 Å². The highest BCUT2D eigenvalue weighted by Crippen LogP contribution is 2.35. The molecule has 1 N–H and O–H groups in total. The van der Waals surface area contributed by atoms with E-state index in [9.17, 15) is 13.5 Å². The van der Waals surface area contributed by atoms with Crippen molar-refractivity contribution >= 4 is 21.6 Å². The zero-order valence-electron chi connectivity index (χ0n) is 13.0. The molecule has 21 heavy (non-hydrogen) atoms.